The van der Waals surface area contributed by atoms with Crippen LogP contribution < -0.4 is 9.47 Å². The van der Waals surface area contributed by atoms with E-state index in [1.165, 1.54) is 18.2 Å². The zero-order valence-corrected chi connectivity index (χ0v) is 41.2. The van der Waals surface area contributed by atoms with Gasteiger partial charge in [0.1, 0.15) is 36.2 Å². The Kier molecular flexibility index (Phi) is 16.5. The number of rotatable bonds is 23. The van der Waals surface area contributed by atoms with Gasteiger partial charge in [0, 0.05) is 61.4 Å². The van der Waals surface area contributed by atoms with Crippen LogP contribution in [0.3, 0.4) is 0 Å². The molecule has 13 heteroatoms. The van der Waals surface area contributed by atoms with Gasteiger partial charge in [0.15, 0.2) is 0 Å². The fraction of sp³-hybridized carbons (Fsp3) is 0.295. The quantitative estimate of drug-likeness (QED) is 0.0157. The summed E-state index contributed by atoms with van der Waals surface area (Å²) in [6, 6.07) is 41.8. The first-order valence-electron chi connectivity index (χ1n) is 25.4. The summed E-state index contributed by atoms with van der Waals surface area (Å²) in [4.78, 5) is 46.6. The largest absolute Gasteiger partial charge is 0.459 e. The van der Waals surface area contributed by atoms with E-state index in [2.05, 4.69) is 12.7 Å². The van der Waals surface area contributed by atoms with Gasteiger partial charge in [0.05, 0.1) is 23.2 Å². The number of nitrogens with zero attached hydrogens (tertiary/aromatic N) is 3. The SMILES string of the molecule is C=CCO[C@@]12Oc3ccc(Oc4cccc(C=O)c4)cc3[C@H]3[C@H](CCCCO)[C@@H](CCCCO)C=C(C(=NOCc4ccccc4)C[C@@H]1N(Cc1cccc4ccccc14)C(=O)C=Cc1ccc([N+](=O)[O-])cc1)[C@H]32. The Hall–Kier alpha value is -7.71. The molecule has 0 bridgehead atoms. The van der Waals surface area contributed by atoms with Crippen LogP contribution in [0.15, 0.2) is 175 Å². The van der Waals surface area contributed by atoms with E-state index in [4.69, 9.17) is 24.2 Å². The molecule has 13 nitrogen and oxygen atoms in total. The molecule has 1 amide bonds. The Morgan fingerprint density at radius 3 is 2.36 bits per heavy atom. The molecule has 2 aliphatic carbocycles. The number of nitro benzene ring substituents is 1. The maximum Gasteiger partial charge on any atom is 0.269 e. The van der Waals surface area contributed by atoms with Crippen molar-refractivity contribution in [3.63, 3.8) is 0 Å². The highest BCUT2D eigenvalue weighted by Crippen LogP contribution is 2.62. The Balaban J connectivity index is 1.26. The van der Waals surface area contributed by atoms with E-state index in [1.807, 2.05) is 95.9 Å². The van der Waals surface area contributed by atoms with Gasteiger partial charge >= 0.3 is 0 Å². The van der Waals surface area contributed by atoms with Crippen LogP contribution in [-0.2, 0) is 27.5 Å². The van der Waals surface area contributed by atoms with Crippen LogP contribution >= 0.6 is 0 Å². The number of unbranched alkanes of at least 4 members (excludes halogenated alkanes) is 2. The van der Waals surface area contributed by atoms with Gasteiger partial charge in [0.2, 0.25) is 11.7 Å². The molecule has 3 aliphatic rings. The standard InChI is InChI=1S/C61H61N3O10/c1-2-34-71-61-57(63(39-47-20-13-19-45-17-6-7-22-51(45)47)58(68)31-26-42-24-27-48(28-25-42)64(69)70)38-55(62-72-41-43-14-4-3-5-15-43)53-36-46(18-8-10-32-65)52(23-9-11-33-66)59(60(53)61)54-37-50(29-30-56(54)74-61)73-49-21-12-16-44(35-49)40-67/h2-7,12-17,19-22,24-31,35-37,40,46,52,57,59-60,65-66H,1,8-11,18,23,32-34,38-39,41H2/t46-,52+,57-,59+,60+,61+/m0/s1. The summed E-state index contributed by atoms with van der Waals surface area (Å²) in [6.45, 7) is 4.59. The number of aldehydes is 1. The first-order valence-corrected chi connectivity index (χ1v) is 25.4. The van der Waals surface area contributed by atoms with E-state index < -0.39 is 22.7 Å². The third kappa shape index (κ3) is 11.3. The summed E-state index contributed by atoms with van der Waals surface area (Å²) in [7, 11) is 0. The average Bonchev–Trinajstić information content (AvgIpc) is 3.43. The van der Waals surface area contributed by atoms with Gasteiger partial charge in [-0.2, -0.15) is 0 Å². The number of allylic oxidation sites excluding steroid dienone is 1. The number of non-ortho nitro benzene ring substituents is 1. The summed E-state index contributed by atoms with van der Waals surface area (Å²) in [5.41, 5.74) is 5.23. The van der Waals surface area contributed by atoms with Crippen molar-refractivity contribution < 1.29 is 43.8 Å². The fourth-order valence-corrected chi connectivity index (χ4v) is 11.2. The highest BCUT2D eigenvalue weighted by molar-refractivity contribution is 6.03. The lowest BCUT2D eigenvalue weighted by atomic mass is 9.55. The molecule has 0 aromatic heterocycles. The molecule has 1 saturated carbocycles. The summed E-state index contributed by atoms with van der Waals surface area (Å²) < 4.78 is 21.3. The second-order valence-corrected chi connectivity index (χ2v) is 19.1. The Labute approximate surface area is 431 Å². The first-order chi connectivity index (χ1) is 36.2. The van der Waals surface area contributed by atoms with Crippen molar-refractivity contribution in [2.24, 2.45) is 22.9 Å². The molecule has 380 valence electrons. The maximum atomic E-state index is 15.6. The topological polar surface area (TPSA) is 170 Å². The summed E-state index contributed by atoms with van der Waals surface area (Å²) in [6.07, 6.45) is 12.3. The molecular formula is C61H61N3O10. The average molecular weight is 996 g/mol. The van der Waals surface area contributed by atoms with Crippen molar-refractivity contribution in [1.29, 1.82) is 0 Å². The maximum absolute atomic E-state index is 15.6. The second kappa shape index (κ2) is 23.9. The lowest BCUT2D eigenvalue weighted by molar-refractivity contribution is -0.384. The Bertz CT molecular complexity index is 3040. The van der Waals surface area contributed by atoms with Gasteiger partial charge in [-0.05, 0) is 119 Å². The van der Waals surface area contributed by atoms with E-state index in [0.29, 0.717) is 46.9 Å². The molecule has 74 heavy (non-hydrogen) atoms. The number of hydrogen-bond donors (Lipinski definition) is 2. The molecule has 2 N–H and O–H groups in total. The van der Waals surface area contributed by atoms with E-state index in [-0.39, 0.29) is 68.7 Å². The number of carbonyl (C=O) groups is 2. The molecule has 0 saturated heterocycles. The van der Waals surface area contributed by atoms with Crippen LogP contribution in [0.4, 0.5) is 5.69 Å². The molecule has 1 aliphatic heterocycles. The third-order valence-electron chi connectivity index (χ3n) is 14.5. The van der Waals surface area contributed by atoms with Gasteiger partial charge in [-0.3, -0.25) is 19.7 Å². The Morgan fingerprint density at radius 2 is 1.59 bits per heavy atom. The minimum Gasteiger partial charge on any atom is -0.459 e. The van der Waals surface area contributed by atoms with Crippen LogP contribution in [0.1, 0.15) is 83.5 Å². The molecule has 0 unspecified atom stereocenters. The van der Waals surface area contributed by atoms with Crippen LogP contribution in [0.25, 0.3) is 16.8 Å². The van der Waals surface area contributed by atoms with E-state index in [9.17, 15) is 25.1 Å². The molecule has 1 heterocycles. The van der Waals surface area contributed by atoms with Crippen LogP contribution in [0, 0.1) is 27.9 Å². The van der Waals surface area contributed by atoms with Gasteiger partial charge in [0.25, 0.3) is 5.69 Å². The number of ether oxygens (including phenoxy) is 3. The smallest absolute Gasteiger partial charge is 0.269 e. The predicted octanol–water partition coefficient (Wildman–Crippen LogP) is 11.9. The van der Waals surface area contributed by atoms with Crippen molar-refractivity contribution in [3.05, 3.63) is 208 Å². The summed E-state index contributed by atoms with van der Waals surface area (Å²) in [5, 5.41) is 38.8. The number of oxime groups is 1. The highest BCUT2D eigenvalue weighted by atomic mass is 16.7. The minimum atomic E-state index is -1.57. The lowest BCUT2D eigenvalue weighted by Gasteiger charge is -2.60. The van der Waals surface area contributed by atoms with Crippen molar-refractivity contribution in [1.82, 2.24) is 4.90 Å². The van der Waals surface area contributed by atoms with Crippen LogP contribution in [0.5, 0.6) is 17.2 Å². The summed E-state index contributed by atoms with van der Waals surface area (Å²) >= 11 is 0. The molecular weight excluding hydrogens is 935 g/mol. The molecule has 9 rings (SSSR count). The fourth-order valence-electron chi connectivity index (χ4n) is 11.2. The van der Waals surface area contributed by atoms with Crippen LogP contribution in [-0.4, -0.2) is 69.6 Å². The minimum absolute atomic E-state index is 0.0117. The summed E-state index contributed by atoms with van der Waals surface area (Å²) in [5.74, 6) is -1.34. The van der Waals surface area contributed by atoms with E-state index >= 15 is 4.79 Å². The number of hydrogen-bond acceptors (Lipinski definition) is 11. The number of aliphatic hydroxyl groups is 2. The first kappa shape index (κ1) is 51.2. The third-order valence-corrected chi connectivity index (χ3v) is 14.5. The van der Waals surface area contributed by atoms with Crippen molar-refractivity contribution in [3.8, 4) is 17.2 Å². The van der Waals surface area contributed by atoms with E-state index in [0.717, 1.165) is 65.0 Å². The van der Waals surface area contributed by atoms with E-state index in [1.54, 1.807) is 48.6 Å². The van der Waals surface area contributed by atoms with Crippen molar-refractivity contribution in [2.75, 3.05) is 19.8 Å². The number of carbonyl (C=O) groups excluding carboxylic acids is 2. The molecule has 1 fully saturated rings. The predicted molar refractivity (Wildman–Crippen MR) is 285 cm³/mol. The lowest BCUT2D eigenvalue weighted by Crippen LogP contribution is -2.70. The number of nitro groups is 1. The Morgan fingerprint density at radius 1 is 0.851 bits per heavy atom. The van der Waals surface area contributed by atoms with Gasteiger partial charge < -0.3 is 34.2 Å². The molecule has 0 spiro atoms. The number of benzene rings is 6. The highest BCUT2D eigenvalue weighted by Gasteiger charge is 2.65. The van der Waals surface area contributed by atoms with Crippen molar-refractivity contribution >= 4 is 40.4 Å². The number of aliphatic hydroxyl groups excluding tert-OH is 2. The molecule has 0 radical (unpaired) electrons. The molecule has 6 atom stereocenters. The zero-order chi connectivity index (χ0) is 51.4. The monoisotopic (exact) mass is 995 g/mol. The zero-order valence-electron chi connectivity index (χ0n) is 41.2. The van der Waals surface area contributed by atoms with Gasteiger partial charge in [-0.25, -0.2) is 0 Å². The molecule has 6 aromatic carbocycles. The van der Waals surface area contributed by atoms with Gasteiger partial charge in [-0.15, -0.1) is 6.58 Å². The normalized spacial score (nSPS) is 21.2. The van der Waals surface area contributed by atoms with Gasteiger partial charge in [-0.1, -0.05) is 115 Å². The van der Waals surface area contributed by atoms with Crippen LogP contribution in [0.2, 0.25) is 0 Å². The molecule has 6 aromatic rings. The number of fused-ring (bicyclic) bond motifs is 3. The second-order valence-electron chi connectivity index (χ2n) is 19.1. The number of amides is 1. The van der Waals surface area contributed by atoms with Crippen molar-refractivity contribution in [2.45, 2.75) is 75.8 Å².